The topological polar surface area (TPSA) is 87.8 Å². The summed E-state index contributed by atoms with van der Waals surface area (Å²) in [5.74, 6) is -0.269. The van der Waals surface area contributed by atoms with Crippen LogP contribution in [0.3, 0.4) is 0 Å². The van der Waals surface area contributed by atoms with Gasteiger partial charge in [-0.05, 0) is 26.3 Å². The lowest BCUT2D eigenvalue weighted by Gasteiger charge is -2.19. The summed E-state index contributed by atoms with van der Waals surface area (Å²) < 4.78 is 5.27. The third-order valence-electron chi connectivity index (χ3n) is 3.35. The van der Waals surface area contributed by atoms with Crippen molar-refractivity contribution in [2.45, 2.75) is 31.5 Å². The van der Waals surface area contributed by atoms with Crippen LogP contribution in [0.15, 0.2) is 46.5 Å². The van der Waals surface area contributed by atoms with Crippen molar-refractivity contribution in [2.24, 2.45) is 0 Å². The fourth-order valence-electron chi connectivity index (χ4n) is 2.40. The number of benzene rings is 1. The lowest BCUT2D eigenvalue weighted by Crippen LogP contribution is -2.25. The Balaban J connectivity index is 1.88. The zero-order chi connectivity index (χ0) is 18.0. The quantitative estimate of drug-likeness (QED) is 0.425. The van der Waals surface area contributed by atoms with Crippen molar-refractivity contribution in [1.29, 1.82) is 0 Å². The van der Waals surface area contributed by atoms with Crippen LogP contribution in [0.2, 0.25) is 0 Å². The molecule has 6 nitrogen and oxygen atoms in total. The Morgan fingerprint density at radius 3 is 2.64 bits per heavy atom. The highest BCUT2D eigenvalue weighted by Gasteiger charge is 2.17. The molecule has 25 heavy (non-hydrogen) atoms. The Labute approximate surface area is 149 Å². The van der Waals surface area contributed by atoms with E-state index in [1.807, 2.05) is 51.1 Å². The molecule has 0 radical (unpaired) electrons. The number of aromatic nitrogens is 3. The molecule has 0 fully saturated rings. The molecule has 0 aliphatic rings. The van der Waals surface area contributed by atoms with Gasteiger partial charge in [-0.1, -0.05) is 42.1 Å². The van der Waals surface area contributed by atoms with Crippen LogP contribution >= 0.6 is 11.8 Å². The van der Waals surface area contributed by atoms with Gasteiger partial charge < -0.3 is 9.72 Å². The molecule has 0 bridgehead atoms. The SMILES string of the molecule is CC(C)(C)OC(=O)CSc1nc2c(-c3ccccc3)c[nH]c2c(=O)[nH]1. The van der Waals surface area contributed by atoms with Crippen LogP contribution in [0.25, 0.3) is 22.2 Å². The van der Waals surface area contributed by atoms with Crippen LogP contribution in [-0.4, -0.2) is 32.3 Å². The molecule has 7 heteroatoms. The third-order valence-corrected chi connectivity index (χ3v) is 4.19. The molecule has 2 heterocycles. The molecule has 2 aromatic heterocycles. The highest BCUT2D eigenvalue weighted by atomic mass is 32.2. The second-order valence-electron chi connectivity index (χ2n) is 6.54. The van der Waals surface area contributed by atoms with Gasteiger partial charge in [0.1, 0.15) is 16.6 Å². The molecule has 0 aliphatic carbocycles. The Morgan fingerprint density at radius 1 is 1.24 bits per heavy atom. The van der Waals surface area contributed by atoms with Gasteiger partial charge in [0.25, 0.3) is 5.56 Å². The van der Waals surface area contributed by atoms with Crippen LogP contribution in [0.5, 0.6) is 0 Å². The lowest BCUT2D eigenvalue weighted by atomic mass is 10.1. The highest BCUT2D eigenvalue weighted by Crippen LogP contribution is 2.26. The van der Waals surface area contributed by atoms with Gasteiger partial charge in [-0.25, -0.2) is 4.98 Å². The van der Waals surface area contributed by atoms with E-state index in [4.69, 9.17) is 4.74 Å². The minimum Gasteiger partial charge on any atom is -0.459 e. The molecule has 3 rings (SSSR count). The molecule has 2 N–H and O–H groups in total. The molecular weight excluding hydrogens is 338 g/mol. The van der Waals surface area contributed by atoms with Gasteiger partial charge in [-0.2, -0.15) is 0 Å². The Morgan fingerprint density at radius 2 is 1.96 bits per heavy atom. The van der Waals surface area contributed by atoms with E-state index >= 15 is 0 Å². The minimum absolute atomic E-state index is 0.0802. The predicted octanol–water partition coefficient (Wildman–Crippen LogP) is 3.35. The zero-order valence-electron chi connectivity index (χ0n) is 14.3. The second kappa shape index (κ2) is 6.76. The normalized spacial score (nSPS) is 11.6. The zero-order valence-corrected chi connectivity index (χ0v) is 15.1. The Bertz CT molecular complexity index is 955. The summed E-state index contributed by atoms with van der Waals surface area (Å²) in [6, 6.07) is 9.71. The van der Waals surface area contributed by atoms with Crippen LogP contribution in [0.1, 0.15) is 20.8 Å². The first-order valence-corrected chi connectivity index (χ1v) is 8.83. The van der Waals surface area contributed by atoms with Crippen molar-refractivity contribution >= 4 is 28.8 Å². The number of hydrogen-bond acceptors (Lipinski definition) is 5. The van der Waals surface area contributed by atoms with Gasteiger partial charge in [-0.15, -0.1) is 0 Å². The maximum atomic E-state index is 12.3. The third kappa shape index (κ3) is 4.11. The average molecular weight is 357 g/mol. The molecule has 0 saturated heterocycles. The van der Waals surface area contributed by atoms with E-state index in [1.54, 1.807) is 6.20 Å². The summed E-state index contributed by atoms with van der Waals surface area (Å²) in [6.07, 6.45) is 1.77. The minimum atomic E-state index is -0.538. The van der Waals surface area contributed by atoms with Crippen molar-refractivity contribution in [2.75, 3.05) is 5.75 Å². The van der Waals surface area contributed by atoms with Crippen molar-refractivity contribution < 1.29 is 9.53 Å². The number of aromatic amines is 2. The van der Waals surface area contributed by atoms with E-state index in [2.05, 4.69) is 15.0 Å². The number of nitrogens with one attached hydrogen (secondary N) is 2. The molecule has 0 spiro atoms. The number of fused-ring (bicyclic) bond motifs is 1. The second-order valence-corrected chi connectivity index (χ2v) is 7.50. The highest BCUT2D eigenvalue weighted by molar-refractivity contribution is 7.99. The number of esters is 1. The van der Waals surface area contributed by atoms with Gasteiger partial charge in [0.2, 0.25) is 0 Å². The standard InChI is InChI=1S/C18H19N3O3S/c1-18(2,3)24-13(22)10-25-17-20-14-12(11-7-5-4-6-8-11)9-19-15(14)16(23)21-17/h4-9,19H,10H2,1-3H3,(H,20,21,23). The van der Waals surface area contributed by atoms with E-state index in [-0.39, 0.29) is 17.3 Å². The summed E-state index contributed by atoms with van der Waals surface area (Å²) in [5, 5.41) is 0.389. The summed E-state index contributed by atoms with van der Waals surface area (Å²) in [4.78, 5) is 34.3. The molecule has 1 aromatic carbocycles. The molecular formula is C18H19N3O3S. The molecule has 0 amide bonds. The van der Waals surface area contributed by atoms with E-state index in [0.29, 0.717) is 16.2 Å². The lowest BCUT2D eigenvalue weighted by molar-refractivity contribution is -0.151. The van der Waals surface area contributed by atoms with Gasteiger partial charge in [-0.3, -0.25) is 14.6 Å². The molecule has 130 valence electrons. The molecule has 0 atom stereocenters. The van der Waals surface area contributed by atoms with Crippen LogP contribution in [0, 0.1) is 0 Å². The van der Waals surface area contributed by atoms with E-state index in [9.17, 15) is 9.59 Å². The Kier molecular flexibility index (Phi) is 4.67. The van der Waals surface area contributed by atoms with Crippen molar-refractivity contribution in [3.63, 3.8) is 0 Å². The maximum Gasteiger partial charge on any atom is 0.316 e. The van der Waals surface area contributed by atoms with Gasteiger partial charge in [0.15, 0.2) is 5.16 Å². The molecule has 0 aliphatic heterocycles. The summed E-state index contributed by atoms with van der Waals surface area (Å²) in [7, 11) is 0. The van der Waals surface area contributed by atoms with Crippen LogP contribution in [-0.2, 0) is 9.53 Å². The largest absolute Gasteiger partial charge is 0.459 e. The van der Waals surface area contributed by atoms with Crippen LogP contribution in [0.4, 0.5) is 0 Å². The van der Waals surface area contributed by atoms with E-state index in [0.717, 1.165) is 22.9 Å². The molecule has 3 aromatic rings. The number of rotatable bonds is 4. The number of ether oxygens (including phenoxy) is 1. The number of hydrogen-bond donors (Lipinski definition) is 2. The number of thioether (sulfide) groups is 1. The first-order chi connectivity index (χ1) is 11.8. The van der Waals surface area contributed by atoms with Crippen molar-refractivity contribution in [3.8, 4) is 11.1 Å². The first kappa shape index (κ1) is 17.3. The predicted molar refractivity (Wildman–Crippen MR) is 98.7 cm³/mol. The smallest absolute Gasteiger partial charge is 0.316 e. The number of carbonyl (C=O) groups is 1. The van der Waals surface area contributed by atoms with Crippen LogP contribution < -0.4 is 5.56 Å². The van der Waals surface area contributed by atoms with Gasteiger partial charge >= 0.3 is 5.97 Å². The number of nitrogens with zero attached hydrogens (tertiary/aromatic N) is 1. The summed E-state index contributed by atoms with van der Waals surface area (Å²) in [5.41, 5.74) is 2.01. The average Bonchev–Trinajstić information content (AvgIpc) is 2.97. The first-order valence-electron chi connectivity index (χ1n) is 7.85. The monoisotopic (exact) mass is 357 g/mol. The Hall–Kier alpha value is -2.54. The summed E-state index contributed by atoms with van der Waals surface area (Å²) in [6.45, 7) is 5.44. The maximum absolute atomic E-state index is 12.3. The van der Waals surface area contributed by atoms with Gasteiger partial charge in [0.05, 0.1) is 5.75 Å². The van der Waals surface area contributed by atoms with E-state index < -0.39 is 5.60 Å². The number of H-pyrrole nitrogens is 2. The van der Waals surface area contributed by atoms with E-state index in [1.165, 1.54) is 0 Å². The van der Waals surface area contributed by atoms with Crippen molar-refractivity contribution in [1.82, 2.24) is 15.0 Å². The van der Waals surface area contributed by atoms with Crippen molar-refractivity contribution in [3.05, 3.63) is 46.9 Å². The number of carbonyl (C=O) groups excluding carboxylic acids is 1. The summed E-state index contributed by atoms with van der Waals surface area (Å²) >= 11 is 1.15. The fourth-order valence-corrected chi connectivity index (χ4v) is 3.03. The fraction of sp³-hybridized carbons (Fsp3) is 0.278. The molecule has 0 unspecified atom stereocenters. The van der Waals surface area contributed by atoms with Gasteiger partial charge in [0, 0.05) is 11.8 Å². The molecule has 0 saturated carbocycles.